The summed E-state index contributed by atoms with van der Waals surface area (Å²) in [6.45, 7) is 0. The lowest BCUT2D eigenvalue weighted by molar-refractivity contribution is 0.354. The highest BCUT2D eigenvalue weighted by atomic mass is 16.6. The highest BCUT2D eigenvalue weighted by Gasteiger charge is 2.54. The summed E-state index contributed by atoms with van der Waals surface area (Å²) in [6.07, 6.45) is 0. The minimum Gasteiger partial charge on any atom is -0.450 e. The van der Waals surface area contributed by atoms with Crippen molar-refractivity contribution >= 4 is 0 Å². The average molecular weight is 729 g/mol. The fourth-order valence-corrected chi connectivity index (χ4v) is 9.29. The van der Waals surface area contributed by atoms with Gasteiger partial charge in [0.1, 0.15) is 0 Å². The van der Waals surface area contributed by atoms with Crippen LogP contribution in [-0.2, 0) is 5.41 Å². The van der Waals surface area contributed by atoms with Crippen molar-refractivity contribution in [2.75, 3.05) is 0 Å². The highest BCUT2D eigenvalue weighted by molar-refractivity contribution is 5.98. The number of fused-ring (bicyclic) bond motifs is 13. The van der Waals surface area contributed by atoms with Gasteiger partial charge in [-0.2, -0.15) is 0 Å². The summed E-state index contributed by atoms with van der Waals surface area (Å²) in [5, 5.41) is 0. The normalized spacial score (nSPS) is 13.3. The summed E-state index contributed by atoms with van der Waals surface area (Å²) < 4.78 is 13.4. The van der Waals surface area contributed by atoms with E-state index in [4.69, 9.17) is 19.4 Å². The molecule has 3 aliphatic rings. The lowest BCUT2D eigenvalue weighted by Crippen LogP contribution is -2.27. The van der Waals surface area contributed by atoms with Gasteiger partial charge in [0.05, 0.1) is 16.8 Å². The van der Waals surface area contributed by atoms with Crippen molar-refractivity contribution in [2.45, 2.75) is 5.41 Å². The van der Waals surface area contributed by atoms with Crippen LogP contribution in [0.5, 0.6) is 23.0 Å². The maximum Gasteiger partial charge on any atom is 0.175 e. The Morgan fingerprint density at radius 2 is 0.842 bits per heavy atom. The molecule has 0 saturated heterocycles. The molecule has 1 spiro atoms. The molecule has 0 bridgehead atoms. The first kappa shape index (κ1) is 31.8. The second-order valence-corrected chi connectivity index (χ2v) is 14.8. The van der Waals surface area contributed by atoms with Crippen molar-refractivity contribution < 1.29 is 9.47 Å². The Balaban J connectivity index is 1.02. The van der Waals surface area contributed by atoms with Crippen LogP contribution in [-0.4, -0.2) is 9.97 Å². The molecule has 0 atom stereocenters. The van der Waals surface area contributed by atoms with E-state index in [1.807, 2.05) is 60.7 Å². The van der Waals surface area contributed by atoms with Crippen molar-refractivity contribution in [1.29, 1.82) is 0 Å². The molecule has 0 saturated carbocycles. The van der Waals surface area contributed by atoms with Crippen molar-refractivity contribution in [3.8, 4) is 90.3 Å². The number of benzene rings is 8. The van der Waals surface area contributed by atoms with Gasteiger partial charge in [0.15, 0.2) is 28.8 Å². The van der Waals surface area contributed by atoms with Gasteiger partial charge in [0.25, 0.3) is 0 Å². The van der Waals surface area contributed by atoms with Crippen molar-refractivity contribution in [2.24, 2.45) is 0 Å². The smallest absolute Gasteiger partial charge is 0.175 e. The average Bonchev–Trinajstić information content (AvgIpc) is 3.76. The Hall–Kier alpha value is -7.56. The summed E-state index contributed by atoms with van der Waals surface area (Å²) in [6, 6.07) is 68.2. The van der Waals surface area contributed by atoms with Gasteiger partial charge in [0.2, 0.25) is 0 Å². The zero-order valence-corrected chi connectivity index (χ0v) is 30.7. The standard InChI is InChI=1S/C53H32N2O2/c1-3-13-34(14-4-1)45-32-46(55-52(54-45)36-15-5-2-6-16-36)35-25-23-33(24-26-35)37-27-28-40-41-29-30-49-51(57-48-22-12-11-21-47(48)56-49)50(41)53(44(40)31-37)42-19-9-7-17-38(42)39-18-8-10-20-43(39)53/h1-32H. The highest BCUT2D eigenvalue weighted by Crippen LogP contribution is 2.67. The number of aromatic nitrogens is 2. The van der Waals surface area contributed by atoms with Crippen molar-refractivity contribution in [3.05, 3.63) is 216 Å². The molecule has 0 unspecified atom stereocenters. The van der Waals surface area contributed by atoms with E-state index in [0.717, 1.165) is 73.3 Å². The molecule has 12 rings (SSSR count). The first-order valence-electron chi connectivity index (χ1n) is 19.3. The van der Waals surface area contributed by atoms with Crippen LogP contribution < -0.4 is 9.47 Å². The Morgan fingerprint density at radius 1 is 0.333 bits per heavy atom. The van der Waals surface area contributed by atoms with Crippen LogP contribution in [0.1, 0.15) is 22.3 Å². The maximum atomic E-state index is 6.88. The molecule has 0 radical (unpaired) electrons. The molecule has 8 aromatic carbocycles. The molecular formula is C53H32N2O2. The van der Waals surface area contributed by atoms with E-state index < -0.39 is 5.41 Å². The van der Waals surface area contributed by atoms with Crippen LogP contribution in [0.25, 0.3) is 67.3 Å². The molecule has 0 fully saturated rings. The number of nitrogens with zero attached hydrogens (tertiary/aromatic N) is 2. The summed E-state index contributed by atoms with van der Waals surface area (Å²) >= 11 is 0. The van der Waals surface area contributed by atoms with Crippen LogP contribution in [0.2, 0.25) is 0 Å². The first-order valence-corrected chi connectivity index (χ1v) is 19.3. The van der Waals surface area contributed by atoms with Gasteiger partial charge in [-0.1, -0.05) is 164 Å². The van der Waals surface area contributed by atoms with Gasteiger partial charge >= 0.3 is 0 Å². The lowest BCUT2D eigenvalue weighted by atomic mass is 9.70. The Labute approximate surface area is 330 Å². The van der Waals surface area contributed by atoms with E-state index >= 15 is 0 Å². The van der Waals surface area contributed by atoms with Gasteiger partial charge in [-0.3, -0.25) is 0 Å². The third kappa shape index (κ3) is 4.68. The number of ether oxygens (including phenoxy) is 2. The minimum atomic E-state index is -0.614. The number of hydrogen-bond donors (Lipinski definition) is 0. The molecule has 4 heteroatoms. The van der Waals surface area contributed by atoms with E-state index in [-0.39, 0.29) is 0 Å². The fraction of sp³-hybridized carbons (Fsp3) is 0.0189. The number of hydrogen-bond acceptors (Lipinski definition) is 4. The van der Waals surface area contributed by atoms with E-state index in [0.29, 0.717) is 5.82 Å². The van der Waals surface area contributed by atoms with Crippen LogP contribution in [0.3, 0.4) is 0 Å². The molecule has 2 aliphatic carbocycles. The zero-order valence-electron chi connectivity index (χ0n) is 30.7. The first-order chi connectivity index (χ1) is 28.2. The second-order valence-electron chi connectivity index (χ2n) is 14.8. The molecular weight excluding hydrogens is 697 g/mol. The molecule has 2 heterocycles. The fourth-order valence-electron chi connectivity index (χ4n) is 9.29. The monoisotopic (exact) mass is 728 g/mol. The SMILES string of the molecule is c1ccc(-c2cc(-c3ccc(-c4ccc5c(c4)C4(c6ccccc6-c6ccccc64)c4c-5ccc5c4Oc4ccccc4O5)cc3)nc(-c3ccccc3)n2)cc1. The number of rotatable bonds is 4. The molecule has 1 aromatic heterocycles. The van der Waals surface area contributed by atoms with Gasteiger partial charge in [-0.05, 0) is 80.4 Å². The number of para-hydroxylation sites is 2. The Morgan fingerprint density at radius 3 is 1.53 bits per heavy atom. The maximum absolute atomic E-state index is 6.88. The second kappa shape index (κ2) is 12.2. The lowest BCUT2D eigenvalue weighted by Gasteiger charge is -2.33. The van der Waals surface area contributed by atoms with Crippen molar-refractivity contribution in [3.63, 3.8) is 0 Å². The largest absolute Gasteiger partial charge is 0.450 e. The molecule has 57 heavy (non-hydrogen) atoms. The third-order valence-corrected chi connectivity index (χ3v) is 11.8. The predicted molar refractivity (Wildman–Crippen MR) is 227 cm³/mol. The van der Waals surface area contributed by atoms with E-state index in [1.54, 1.807) is 0 Å². The summed E-state index contributed by atoms with van der Waals surface area (Å²) in [4.78, 5) is 10.1. The summed E-state index contributed by atoms with van der Waals surface area (Å²) in [5.41, 5.74) is 16.2. The summed E-state index contributed by atoms with van der Waals surface area (Å²) in [5.74, 6) is 3.65. The van der Waals surface area contributed by atoms with Gasteiger partial charge in [-0.25, -0.2) is 9.97 Å². The zero-order chi connectivity index (χ0) is 37.5. The van der Waals surface area contributed by atoms with E-state index in [9.17, 15) is 0 Å². The molecule has 266 valence electrons. The van der Waals surface area contributed by atoms with Crippen molar-refractivity contribution in [1.82, 2.24) is 9.97 Å². The summed E-state index contributed by atoms with van der Waals surface area (Å²) in [7, 11) is 0. The molecule has 0 N–H and O–H groups in total. The topological polar surface area (TPSA) is 44.2 Å². The van der Waals surface area contributed by atoms with Crippen LogP contribution in [0.15, 0.2) is 194 Å². The van der Waals surface area contributed by atoms with Gasteiger partial charge in [0, 0.05) is 22.3 Å². The van der Waals surface area contributed by atoms with Crippen LogP contribution >= 0.6 is 0 Å². The minimum absolute atomic E-state index is 0.614. The molecule has 9 aromatic rings. The van der Waals surface area contributed by atoms with Crippen LogP contribution in [0, 0.1) is 0 Å². The molecule has 0 amide bonds. The molecule has 1 aliphatic heterocycles. The van der Waals surface area contributed by atoms with E-state index in [2.05, 4.69) is 133 Å². The third-order valence-electron chi connectivity index (χ3n) is 11.8. The van der Waals surface area contributed by atoms with Gasteiger partial charge in [-0.15, -0.1) is 0 Å². The predicted octanol–water partition coefficient (Wildman–Crippen LogP) is 13.4. The molecule has 4 nitrogen and oxygen atoms in total. The van der Waals surface area contributed by atoms with Gasteiger partial charge < -0.3 is 9.47 Å². The Kier molecular flexibility index (Phi) is 6.81. The van der Waals surface area contributed by atoms with Crippen LogP contribution in [0.4, 0.5) is 0 Å². The Bertz CT molecular complexity index is 2960. The van der Waals surface area contributed by atoms with E-state index in [1.165, 1.54) is 33.4 Å². The quantitative estimate of drug-likeness (QED) is 0.181.